The average molecular weight is 449 g/mol. The highest BCUT2D eigenvalue weighted by atomic mass is 35.5. The monoisotopic (exact) mass is 448 g/mol. The number of thiocarbonyl (C=S) groups is 1. The number of nitrogens with one attached hydrogen (secondary N) is 3. The minimum absolute atomic E-state index is 0.0482. The van der Waals surface area contributed by atoms with Crippen molar-refractivity contribution in [1.29, 1.82) is 0 Å². The third kappa shape index (κ3) is 7.49. The Hall–Kier alpha value is -3.50. The Bertz CT molecular complexity index is 995. The zero-order valence-corrected chi connectivity index (χ0v) is 17.3. The fraction of sp³-hybridized carbons (Fsp3) is 0.105. The smallest absolute Gasteiger partial charge is 0.276 e. The van der Waals surface area contributed by atoms with Crippen LogP contribution in [-0.2, 0) is 9.59 Å². The second-order valence-electron chi connectivity index (χ2n) is 5.87. The van der Waals surface area contributed by atoms with E-state index >= 15 is 0 Å². The normalized spacial score (nSPS) is 10.3. The van der Waals surface area contributed by atoms with E-state index in [9.17, 15) is 19.7 Å². The summed E-state index contributed by atoms with van der Waals surface area (Å²) in [5, 5.41) is 13.4. The van der Waals surface area contributed by atoms with Crippen molar-refractivity contribution in [2.75, 3.05) is 6.61 Å². The van der Waals surface area contributed by atoms with E-state index in [1.54, 1.807) is 25.1 Å². The molecule has 156 valence electrons. The highest BCUT2D eigenvalue weighted by molar-refractivity contribution is 7.80. The van der Waals surface area contributed by atoms with Crippen molar-refractivity contribution in [2.24, 2.45) is 0 Å². The molecule has 0 heterocycles. The number of amides is 2. The van der Waals surface area contributed by atoms with Crippen molar-refractivity contribution in [3.8, 4) is 5.75 Å². The molecule has 0 aliphatic rings. The van der Waals surface area contributed by atoms with Gasteiger partial charge in [-0.3, -0.25) is 35.9 Å². The van der Waals surface area contributed by atoms with Gasteiger partial charge in [-0.15, -0.1) is 0 Å². The topological polar surface area (TPSA) is 123 Å². The molecule has 0 saturated heterocycles. The molecule has 2 rings (SSSR count). The molecule has 9 nitrogen and oxygen atoms in total. The summed E-state index contributed by atoms with van der Waals surface area (Å²) < 4.78 is 5.38. The number of benzene rings is 2. The number of carbonyl (C=O) groups is 2. The second kappa shape index (κ2) is 10.9. The van der Waals surface area contributed by atoms with Gasteiger partial charge >= 0.3 is 0 Å². The molecule has 0 spiro atoms. The molecule has 0 aliphatic heterocycles. The fourth-order valence-corrected chi connectivity index (χ4v) is 2.52. The first-order chi connectivity index (χ1) is 14.2. The number of hydrogen-bond donors (Lipinski definition) is 3. The molecule has 0 aromatic heterocycles. The van der Waals surface area contributed by atoms with Crippen molar-refractivity contribution < 1.29 is 19.2 Å². The van der Waals surface area contributed by atoms with Crippen LogP contribution in [0.3, 0.4) is 0 Å². The number of carbonyl (C=O) groups excluding carboxylic acids is 2. The van der Waals surface area contributed by atoms with Crippen LogP contribution in [0.25, 0.3) is 6.08 Å². The lowest BCUT2D eigenvalue weighted by molar-refractivity contribution is -0.384. The first kappa shape index (κ1) is 22.8. The van der Waals surface area contributed by atoms with Gasteiger partial charge in [-0.05, 0) is 66.7 Å². The predicted octanol–water partition coefficient (Wildman–Crippen LogP) is 2.67. The lowest BCUT2D eigenvalue weighted by Gasteiger charge is -2.11. The summed E-state index contributed by atoms with van der Waals surface area (Å²) in [6.45, 7) is 1.53. The van der Waals surface area contributed by atoms with Gasteiger partial charge in [0, 0.05) is 23.2 Å². The molecule has 0 atom stereocenters. The first-order valence-corrected chi connectivity index (χ1v) is 9.24. The van der Waals surface area contributed by atoms with E-state index in [0.717, 1.165) is 5.56 Å². The molecular weight excluding hydrogens is 432 g/mol. The van der Waals surface area contributed by atoms with Crippen LogP contribution >= 0.6 is 23.8 Å². The number of non-ortho nitro benzene ring substituents is 1. The third-order valence-electron chi connectivity index (χ3n) is 3.58. The predicted molar refractivity (Wildman–Crippen MR) is 116 cm³/mol. The summed E-state index contributed by atoms with van der Waals surface area (Å²) >= 11 is 10.8. The van der Waals surface area contributed by atoms with Crippen molar-refractivity contribution in [3.63, 3.8) is 0 Å². The largest absolute Gasteiger partial charge is 0.483 e. The number of hydrogen-bond acceptors (Lipinski definition) is 6. The number of nitrogens with zero attached hydrogens (tertiary/aromatic N) is 1. The number of nitro groups is 1. The molecule has 0 radical (unpaired) electrons. The van der Waals surface area contributed by atoms with Crippen molar-refractivity contribution >= 4 is 52.5 Å². The molecular formula is C19H17ClN4O5S. The van der Waals surface area contributed by atoms with Crippen LogP contribution < -0.4 is 20.9 Å². The first-order valence-electron chi connectivity index (χ1n) is 8.46. The van der Waals surface area contributed by atoms with Gasteiger partial charge in [0.15, 0.2) is 11.7 Å². The highest BCUT2D eigenvalue weighted by Crippen LogP contribution is 2.21. The fourth-order valence-electron chi connectivity index (χ4n) is 2.14. The zero-order chi connectivity index (χ0) is 22.1. The Morgan fingerprint density at radius 2 is 1.90 bits per heavy atom. The maximum atomic E-state index is 11.8. The van der Waals surface area contributed by atoms with E-state index in [-0.39, 0.29) is 17.4 Å². The quantitative estimate of drug-likeness (QED) is 0.268. The Kier molecular flexibility index (Phi) is 8.27. The number of nitro benzene ring substituents is 1. The van der Waals surface area contributed by atoms with Crippen LogP contribution in [0.4, 0.5) is 5.69 Å². The van der Waals surface area contributed by atoms with Gasteiger partial charge in [-0.2, -0.15) is 0 Å². The summed E-state index contributed by atoms with van der Waals surface area (Å²) in [4.78, 5) is 33.7. The SMILES string of the molecule is Cc1cc(Cl)ccc1OCC(=O)NNC(=S)NC(=O)/C=C/c1ccc([N+](=O)[O-])cc1. The van der Waals surface area contributed by atoms with Crippen molar-refractivity contribution in [1.82, 2.24) is 16.2 Å². The van der Waals surface area contributed by atoms with E-state index in [1.807, 2.05) is 0 Å². The minimum Gasteiger partial charge on any atom is -0.483 e. The van der Waals surface area contributed by atoms with Crippen LogP contribution in [0, 0.1) is 17.0 Å². The average Bonchev–Trinajstić information content (AvgIpc) is 2.70. The minimum atomic E-state index is -0.548. The van der Waals surface area contributed by atoms with Gasteiger partial charge in [0.1, 0.15) is 5.75 Å². The van der Waals surface area contributed by atoms with E-state index in [4.69, 9.17) is 28.6 Å². The van der Waals surface area contributed by atoms with E-state index in [2.05, 4.69) is 16.2 Å². The van der Waals surface area contributed by atoms with Crippen LogP contribution in [-0.4, -0.2) is 28.5 Å². The molecule has 2 amide bonds. The maximum Gasteiger partial charge on any atom is 0.276 e. The Morgan fingerprint density at radius 3 is 2.53 bits per heavy atom. The van der Waals surface area contributed by atoms with Crippen LogP contribution in [0.5, 0.6) is 5.75 Å². The second-order valence-corrected chi connectivity index (χ2v) is 6.72. The molecule has 3 N–H and O–H groups in total. The number of ether oxygens (including phenoxy) is 1. The van der Waals surface area contributed by atoms with Gasteiger partial charge < -0.3 is 4.74 Å². The summed E-state index contributed by atoms with van der Waals surface area (Å²) in [6, 6.07) is 10.7. The van der Waals surface area contributed by atoms with Crippen molar-refractivity contribution in [2.45, 2.75) is 6.92 Å². The lowest BCUT2D eigenvalue weighted by atomic mass is 10.2. The number of hydrazine groups is 1. The number of halogens is 1. The van der Waals surface area contributed by atoms with Crippen LogP contribution in [0.2, 0.25) is 5.02 Å². The molecule has 0 saturated carbocycles. The summed E-state index contributed by atoms with van der Waals surface area (Å²) in [5.41, 5.74) is 6.01. The van der Waals surface area contributed by atoms with Crippen molar-refractivity contribution in [3.05, 3.63) is 74.8 Å². The standard InChI is InChI=1S/C19H17ClN4O5S/c1-12-10-14(20)5-8-16(12)29-11-18(26)22-23-19(30)21-17(25)9-4-13-2-6-15(7-3-13)24(27)28/h2-10H,11H2,1H3,(H,22,26)(H2,21,23,25,30)/b9-4+. The van der Waals surface area contributed by atoms with E-state index in [0.29, 0.717) is 16.3 Å². The zero-order valence-electron chi connectivity index (χ0n) is 15.7. The van der Waals surface area contributed by atoms with Gasteiger partial charge in [0.25, 0.3) is 11.6 Å². The Morgan fingerprint density at radius 1 is 1.20 bits per heavy atom. The van der Waals surface area contributed by atoms with Gasteiger partial charge in [0.05, 0.1) is 4.92 Å². The molecule has 30 heavy (non-hydrogen) atoms. The lowest BCUT2D eigenvalue weighted by Crippen LogP contribution is -2.49. The third-order valence-corrected chi connectivity index (χ3v) is 4.02. The van der Waals surface area contributed by atoms with Gasteiger partial charge in [-0.25, -0.2) is 0 Å². The Balaban J connectivity index is 1.73. The molecule has 0 bridgehead atoms. The Labute approximate surface area is 182 Å². The summed E-state index contributed by atoms with van der Waals surface area (Å²) in [5.74, 6) is -0.544. The van der Waals surface area contributed by atoms with Gasteiger partial charge in [0.2, 0.25) is 5.91 Å². The molecule has 11 heteroatoms. The molecule has 2 aromatic carbocycles. The molecule has 2 aromatic rings. The van der Waals surface area contributed by atoms with Crippen LogP contribution in [0.15, 0.2) is 48.5 Å². The number of aryl methyl sites for hydroxylation is 1. The van der Waals surface area contributed by atoms with E-state index in [1.165, 1.54) is 36.4 Å². The summed E-state index contributed by atoms with van der Waals surface area (Å²) in [7, 11) is 0. The number of rotatable bonds is 6. The van der Waals surface area contributed by atoms with Crippen LogP contribution in [0.1, 0.15) is 11.1 Å². The molecule has 0 aliphatic carbocycles. The maximum absolute atomic E-state index is 11.8. The molecule has 0 fully saturated rings. The van der Waals surface area contributed by atoms with Gasteiger partial charge in [-0.1, -0.05) is 11.6 Å². The highest BCUT2D eigenvalue weighted by Gasteiger charge is 2.07. The van der Waals surface area contributed by atoms with E-state index < -0.39 is 16.7 Å². The molecule has 0 unspecified atom stereocenters. The summed E-state index contributed by atoms with van der Waals surface area (Å²) in [6.07, 6.45) is 2.66.